The molecule has 2 aromatic rings. The Labute approximate surface area is 171 Å². The summed E-state index contributed by atoms with van der Waals surface area (Å²) in [5.74, 6) is -4.10. The molecule has 30 heavy (non-hydrogen) atoms. The number of aromatic nitrogens is 1. The van der Waals surface area contributed by atoms with Crippen LogP contribution in [0.5, 0.6) is 0 Å². The molecule has 1 heterocycles. The van der Waals surface area contributed by atoms with E-state index in [1.807, 2.05) is 18.2 Å². The smallest absolute Gasteiger partial charge is 0.328 e. The van der Waals surface area contributed by atoms with E-state index >= 15 is 0 Å². The highest BCUT2D eigenvalue weighted by molar-refractivity contribution is 5.93. The van der Waals surface area contributed by atoms with Gasteiger partial charge >= 0.3 is 11.9 Å². The Hall–Kier alpha value is -3.44. The van der Waals surface area contributed by atoms with Crippen LogP contribution in [0.15, 0.2) is 30.5 Å². The van der Waals surface area contributed by atoms with Crippen molar-refractivity contribution in [3.63, 3.8) is 0 Å². The number of carboxylic acid groups (broad SMARTS) is 2. The van der Waals surface area contributed by atoms with Gasteiger partial charge in [-0.25, -0.2) is 4.79 Å². The number of carbonyl (C=O) groups excluding carboxylic acids is 2. The zero-order valence-electron chi connectivity index (χ0n) is 16.0. The van der Waals surface area contributed by atoms with Crippen molar-refractivity contribution >= 4 is 34.7 Å². The molecule has 1 aromatic heterocycles. The van der Waals surface area contributed by atoms with E-state index in [4.69, 9.17) is 21.1 Å². The lowest BCUT2D eigenvalue weighted by molar-refractivity contribution is -0.143. The number of benzene rings is 1. The second kappa shape index (κ2) is 10.4. The second-order valence-corrected chi connectivity index (χ2v) is 6.75. The van der Waals surface area contributed by atoms with Crippen molar-refractivity contribution in [2.45, 2.75) is 37.4 Å². The lowest BCUT2D eigenvalue weighted by atomic mass is 10.0. The maximum absolute atomic E-state index is 12.7. The predicted octanol–water partition coefficient (Wildman–Crippen LogP) is -1.05. The highest BCUT2D eigenvalue weighted by Crippen LogP contribution is 2.19. The van der Waals surface area contributed by atoms with Crippen LogP contribution in [0.1, 0.15) is 18.4 Å². The van der Waals surface area contributed by atoms with Gasteiger partial charge in [0.05, 0.1) is 12.6 Å². The Kier molecular flexibility index (Phi) is 7.90. The number of hydrogen-bond donors (Lipinski definition) is 7. The molecule has 0 aliphatic carbocycles. The van der Waals surface area contributed by atoms with E-state index in [-0.39, 0.29) is 19.3 Å². The van der Waals surface area contributed by atoms with Crippen molar-refractivity contribution in [2.24, 2.45) is 5.73 Å². The average Bonchev–Trinajstić information content (AvgIpc) is 3.12. The summed E-state index contributed by atoms with van der Waals surface area (Å²) in [6.45, 7) is -0.826. The van der Waals surface area contributed by atoms with Gasteiger partial charge in [0, 0.05) is 29.9 Å². The molecule has 3 atom stereocenters. The number of H-pyrrole nitrogens is 1. The summed E-state index contributed by atoms with van der Waals surface area (Å²) in [5.41, 5.74) is 7.22. The molecule has 0 bridgehead atoms. The highest BCUT2D eigenvalue weighted by atomic mass is 16.4. The topological polar surface area (TPSA) is 195 Å². The normalized spacial score (nSPS) is 13.9. The number of aliphatic carboxylic acids is 2. The fourth-order valence-electron chi connectivity index (χ4n) is 2.88. The van der Waals surface area contributed by atoms with Gasteiger partial charge in [-0.3, -0.25) is 14.4 Å². The van der Waals surface area contributed by atoms with Gasteiger partial charge < -0.3 is 36.7 Å². The summed E-state index contributed by atoms with van der Waals surface area (Å²) in [6, 6.07) is 3.40. The van der Waals surface area contributed by atoms with Crippen LogP contribution in [-0.4, -0.2) is 68.8 Å². The summed E-state index contributed by atoms with van der Waals surface area (Å²) >= 11 is 0. The number of aliphatic hydroxyl groups excluding tert-OH is 1. The molecule has 0 spiro atoms. The molecule has 162 valence electrons. The van der Waals surface area contributed by atoms with Crippen LogP contribution in [0, 0.1) is 0 Å². The number of nitrogens with two attached hydrogens (primary N) is 1. The third kappa shape index (κ3) is 6.03. The zero-order valence-corrected chi connectivity index (χ0v) is 16.0. The molecule has 0 saturated carbocycles. The Morgan fingerprint density at radius 1 is 1.03 bits per heavy atom. The van der Waals surface area contributed by atoms with Crippen molar-refractivity contribution in [2.75, 3.05) is 6.61 Å². The maximum atomic E-state index is 12.7. The first-order chi connectivity index (χ1) is 14.2. The van der Waals surface area contributed by atoms with Crippen LogP contribution < -0.4 is 16.4 Å². The van der Waals surface area contributed by atoms with Gasteiger partial charge in [0.2, 0.25) is 11.8 Å². The predicted molar refractivity (Wildman–Crippen MR) is 105 cm³/mol. The number of hydrogen-bond acceptors (Lipinski definition) is 6. The van der Waals surface area contributed by atoms with Gasteiger partial charge in [0.1, 0.15) is 12.1 Å². The standard InChI is InChI=1S/C19H24N4O7/c20-12(5-6-16(25)26)17(27)22-14(18(28)23-15(9-24)19(29)30)7-10-8-21-13-4-2-1-3-11(10)13/h1-4,8,12,14-15,21,24H,5-7,9,20H2,(H,22,27)(H,23,28)(H,25,26)(H,29,30)/t12-,14-,15-/m0/s1. The minimum absolute atomic E-state index is 0.0189. The van der Waals surface area contributed by atoms with Crippen LogP contribution in [0.25, 0.3) is 10.9 Å². The summed E-state index contributed by atoms with van der Waals surface area (Å²) in [6.07, 6.45) is 1.24. The van der Waals surface area contributed by atoms with E-state index < -0.39 is 48.5 Å². The molecule has 8 N–H and O–H groups in total. The van der Waals surface area contributed by atoms with Gasteiger partial charge in [-0.2, -0.15) is 0 Å². The van der Waals surface area contributed by atoms with E-state index in [0.29, 0.717) is 5.56 Å². The quantitative estimate of drug-likeness (QED) is 0.239. The van der Waals surface area contributed by atoms with Crippen molar-refractivity contribution in [3.8, 4) is 0 Å². The lowest BCUT2D eigenvalue weighted by Crippen LogP contribution is -2.55. The fraction of sp³-hybridized carbons (Fsp3) is 0.368. The van der Waals surface area contributed by atoms with Crippen LogP contribution in [0.4, 0.5) is 0 Å². The fourth-order valence-corrected chi connectivity index (χ4v) is 2.88. The van der Waals surface area contributed by atoms with E-state index in [1.54, 1.807) is 12.3 Å². The summed E-state index contributed by atoms with van der Waals surface area (Å²) in [5, 5.41) is 32.4. The maximum Gasteiger partial charge on any atom is 0.328 e. The number of carbonyl (C=O) groups is 4. The summed E-state index contributed by atoms with van der Waals surface area (Å²) in [7, 11) is 0. The molecule has 0 aliphatic rings. The van der Waals surface area contributed by atoms with Crippen molar-refractivity contribution < 1.29 is 34.5 Å². The monoisotopic (exact) mass is 420 g/mol. The molecule has 1 aromatic carbocycles. The average molecular weight is 420 g/mol. The number of nitrogens with one attached hydrogen (secondary N) is 3. The summed E-state index contributed by atoms with van der Waals surface area (Å²) in [4.78, 5) is 49.9. The Morgan fingerprint density at radius 2 is 1.70 bits per heavy atom. The lowest BCUT2D eigenvalue weighted by Gasteiger charge is -2.22. The number of aromatic amines is 1. The number of para-hydroxylation sites is 1. The third-order valence-corrected chi connectivity index (χ3v) is 4.54. The number of fused-ring (bicyclic) bond motifs is 1. The minimum atomic E-state index is -1.54. The first-order valence-corrected chi connectivity index (χ1v) is 9.19. The van der Waals surface area contributed by atoms with Crippen LogP contribution in [0.2, 0.25) is 0 Å². The van der Waals surface area contributed by atoms with Crippen molar-refractivity contribution in [1.82, 2.24) is 15.6 Å². The van der Waals surface area contributed by atoms with Gasteiger partial charge in [0.15, 0.2) is 0 Å². The van der Waals surface area contributed by atoms with Gasteiger partial charge in [-0.05, 0) is 18.1 Å². The molecular formula is C19H24N4O7. The molecule has 0 fully saturated rings. The van der Waals surface area contributed by atoms with Crippen LogP contribution in [0.3, 0.4) is 0 Å². The van der Waals surface area contributed by atoms with E-state index in [2.05, 4.69) is 15.6 Å². The molecule has 0 saturated heterocycles. The molecule has 11 heteroatoms. The highest BCUT2D eigenvalue weighted by Gasteiger charge is 2.28. The Morgan fingerprint density at radius 3 is 2.33 bits per heavy atom. The SMILES string of the molecule is N[C@@H](CCC(=O)O)C(=O)N[C@@H](Cc1c[nH]c2ccccc12)C(=O)N[C@@H](CO)C(=O)O. The molecular weight excluding hydrogens is 396 g/mol. The molecule has 0 aliphatic heterocycles. The van der Waals surface area contributed by atoms with E-state index in [0.717, 1.165) is 10.9 Å². The van der Waals surface area contributed by atoms with Crippen LogP contribution in [-0.2, 0) is 25.6 Å². The van der Waals surface area contributed by atoms with Crippen molar-refractivity contribution in [3.05, 3.63) is 36.0 Å². The van der Waals surface area contributed by atoms with Gasteiger partial charge in [0.25, 0.3) is 0 Å². The van der Waals surface area contributed by atoms with Crippen LogP contribution >= 0.6 is 0 Å². The molecule has 0 radical (unpaired) electrons. The largest absolute Gasteiger partial charge is 0.481 e. The zero-order chi connectivity index (χ0) is 22.3. The van der Waals surface area contributed by atoms with Gasteiger partial charge in [-0.15, -0.1) is 0 Å². The number of rotatable bonds is 11. The Balaban J connectivity index is 2.20. The first-order valence-electron chi connectivity index (χ1n) is 9.19. The molecule has 2 amide bonds. The van der Waals surface area contributed by atoms with E-state index in [9.17, 15) is 19.2 Å². The number of carboxylic acids is 2. The number of aliphatic hydroxyl groups is 1. The second-order valence-electron chi connectivity index (χ2n) is 6.75. The molecule has 0 unspecified atom stereocenters. The minimum Gasteiger partial charge on any atom is -0.481 e. The molecule has 2 rings (SSSR count). The molecule has 11 nitrogen and oxygen atoms in total. The van der Waals surface area contributed by atoms with Crippen molar-refractivity contribution in [1.29, 1.82) is 0 Å². The Bertz CT molecular complexity index is 926. The summed E-state index contributed by atoms with van der Waals surface area (Å²) < 4.78 is 0. The van der Waals surface area contributed by atoms with Gasteiger partial charge in [-0.1, -0.05) is 18.2 Å². The third-order valence-electron chi connectivity index (χ3n) is 4.54. The number of amides is 2. The first kappa shape index (κ1) is 22.8. The van der Waals surface area contributed by atoms with E-state index in [1.165, 1.54) is 0 Å².